The van der Waals surface area contributed by atoms with Gasteiger partial charge in [-0.05, 0) is 45.1 Å². The molecule has 106 valence electrons. The summed E-state index contributed by atoms with van der Waals surface area (Å²) in [5.41, 5.74) is 1.03. The van der Waals surface area contributed by atoms with E-state index in [1.807, 2.05) is 0 Å². The molecule has 1 aliphatic carbocycles. The van der Waals surface area contributed by atoms with Gasteiger partial charge in [0.15, 0.2) is 0 Å². The molecule has 1 saturated carbocycles. The molecule has 0 amide bonds. The van der Waals surface area contributed by atoms with Crippen LogP contribution < -0.4 is 0 Å². The Morgan fingerprint density at radius 2 is 2.16 bits per heavy atom. The molecule has 2 aliphatic rings. The second kappa shape index (κ2) is 6.11. The van der Waals surface area contributed by atoms with Crippen LogP contribution in [0.3, 0.4) is 0 Å². The highest BCUT2D eigenvalue weighted by molar-refractivity contribution is 7.09. The number of hydrogen-bond acceptors (Lipinski definition) is 3. The number of alkyl halides is 1. The molecule has 0 N–H and O–H groups in total. The highest BCUT2D eigenvalue weighted by atomic mass is 35.5. The van der Waals surface area contributed by atoms with Crippen molar-refractivity contribution in [3.63, 3.8) is 0 Å². The lowest BCUT2D eigenvalue weighted by atomic mass is 9.95. The fourth-order valence-corrected chi connectivity index (χ4v) is 4.99. The summed E-state index contributed by atoms with van der Waals surface area (Å²) in [5.74, 6) is 1.48. The van der Waals surface area contributed by atoms with E-state index < -0.39 is 0 Å². The van der Waals surface area contributed by atoms with Crippen LogP contribution >= 0.6 is 22.9 Å². The van der Waals surface area contributed by atoms with Gasteiger partial charge in [0.1, 0.15) is 5.01 Å². The quantitative estimate of drug-likeness (QED) is 0.755. The van der Waals surface area contributed by atoms with Crippen molar-refractivity contribution >= 4 is 22.9 Å². The monoisotopic (exact) mass is 298 g/mol. The fraction of sp³-hybridized carbons (Fsp3) is 0.800. The van der Waals surface area contributed by atoms with Crippen molar-refractivity contribution in [1.82, 2.24) is 9.88 Å². The Hall–Kier alpha value is -0.120. The van der Waals surface area contributed by atoms with E-state index in [1.165, 1.54) is 50.1 Å². The summed E-state index contributed by atoms with van der Waals surface area (Å²) in [7, 11) is 0. The molecule has 1 aromatic rings. The number of likely N-dealkylation sites (tertiary alicyclic amines) is 1. The minimum absolute atomic E-state index is 0.468. The zero-order valence-electron chi connectivity index (χ0n) is 11.6. The van der Waals surface area contributed by atoms with Crippen LogP contribution in [0.1, 0.15) is 62.2 Å². The first-order valence-electron chi connectivity index (χ1n) is 7.55. The van der Waals surface area contributed by atoms with Crippen molar-refractivity contribution in [1.29, 1.82) is 0 Å². The molecule has 2 nitrogen and oxygen atoms in total. The number of thiazole rings is 1. The van der Waals surface area contributed by atoms with Crippen LogP contribution in [0.15, 0.2) is 5.38 Å². The van der Waals surface area contributed by atoms with Crippen LogP contribution in [-0.4, -0.2) is 22.5 Å². The van der Waals surface area contributed by atoms with Gasteiger partial charge in [0.25, 0.3) is 0 Å². The number of nitrogens with zero attached hydrogens (tertiary/aromatic N) is 2. The summed E-state index contributed by atoms with van der Waals surface area (Å²) in [6.45, 7) is 3.57. The third-order valence-electron chi connectivity index (χ3n) is 4.85. The Kier molecular flexibility index (Phi) is 4.45. The van der Waals surface area contributed by atoms with Crippen molar-refractivity contribution in [2.45, 2.75) is 63.4 Å². The molecule has 2 heterocycles. The van der Waals surface area contributed by atoms with Crippen LogP contribution in [-0.2, 0) is 5.88 Å². The van der Waals surface area contributed by atoms with E-state index in [0.29, 0.717) is 11.9 Å². The minimum Gasteiger partial charge on any atom is -0.291 e. The lowest BCUT2D eigenvalue weighted by Gasteiger charge is -2.33. The molecule has 0 aromatic carbocycles. The smallest absolute Gasteiger partial charge is 0.110 e. The van der Waals surface area contributed by atoms with Crippen LogP contribution in [0, 0.1) is 5.92 Å². The van der Waals surface area contributed by atoms with Gasteiger partial charge in [-0.25, -0.2) is 4.98 Å². The van der Waals surface area contributed by atoms with Crippen LogP contribution in [0.4, 0.5) is 0 Å². The summed E-state index contributed by atoms with van der Waals surface area (Å²) in [4.78, 5) is 7.39. The van der Waals surface area contributed by atoms with Gasteiger partial charge in [0.05, 0.1) is 17.6 Å². The number of aromatic nitrogens is 1. The Morgan fingerprint density at radius 3 is 2.84 bits per heavy atom. The third kappa shape index (κ3) is 2.84. The van der Waals surface area contributed by atoms with E-state index in [2.05, 4.69) is 22.2 Å². The van der Waals surface area contributed by atoms with Gasteiger partial charge >= 0.3 is 0 Å². The standard InChI is InChI=1S/C15H23ClN2S/c1-11(15-17-13(9-16)10-19-15)18-8-4-7-14(18)12-5-2-3-6-12/h10-12,14H,2-9H2,1H3. The first kappa shape index (κ1) is 13.8. The van der Waals surface area contributed by atoms with E-state index >= 15 is 0 Å². The van der Waals surface area contributed by atoms with Crippen molar-refractivity contribution in [3.05, 3.63) is 16.1 Å². The van der Waals surface area contributed by atoms with Gasteiger partial charge in [0.2, 0.25) is 0 Å². The Balaban J connectivity index is 1.72. The molecule has 0 bridgehead atoms. The predicted octanol–water partition coefficient (Wildman–Crippen LogP) is 4.60. The highest BCUT2D eigenvalue weighted by Crippen LogP contribution is 2.39. The normalized spacial score (nSPS) is 27.2. The Morgan fingerprint density at radius 1 is 1.37 bits per heavy atom. The average molecular weight is 299 g/mol. The third-order valence-corrected chi connectivity index (χ3v) is 6.19. The van der Waals surface area contributed by atoms with Gasteiger partial charge < -0.3 is 0 Å². The number of hydrogen-bond donors (Lipinski definition) is 0. The van der Waals surface area contributed by atoms with E-state index in [1.54, 1.807) is 11.3 Å². The topological polar surface area (TPSA) is 16.1 Å². The van der Waals surface area contributed by atoms with Crippen LogP contribution in [0.2, 0.25) is 0 Å². The lowest BCUT2D eigenvalue weighted by molar-refractivity contribution is 0.144. The molecule has 19 heavy (non-hydrogen) atoms. The maximum atomic E-state index is 5.87. The summed E-state index contributed by atoms with van der Waals surface area (Å²) in [5, 5.41) is 3.36. The zero-order chi connectivity index (χ0) is 13.2. The van der Waals surface area contributed by atoms with Crippen molar-refractivity contribution in [2.75, 3.05) is 6.54 Å². The maximum Gasteiger partial charge on any atom is 0.110 e. The van der Waals surface area contributed by atoms with Gasteiger partial charge in [-0.15, -0.1) is 22.9 Å². The molecule has 2 atom stereocenters. The lowest BCUT2D eigenvalue weighted by Crippen LogP contribution is -2.36. The zero-order valence-corrected chi connectivity index (χ0v) is 13.2. The summed E-state index contributed by atoms with van der Waals surface area (Å²) < 4.78 is 0. The Labute approximate surface area is 125 Å². The van der Waals surface area contributed by atoms with E-state index in [4.69, 9.17) is 11.6 Å². The molecule has 1 saturated heterocycles. The van der Waals surface area contributed by atoms with Crippen molar-refractivity contribution in [2.24, 2.45) is 5.92 Å². The first-order chi connectivity index (χ1) is 9.29. The molecule has 1 aliphatic heterocycles. The first-order valence-corrected chi connectivity index (χ1v) is 8.97. The highest BCUT2D eigenvalue weighted by Gasteiger charge is 2.36. The van der Waals surface area contributed by atoms with Crippen LogP contribution in [0.25, 0.3) is 0 Å². The predicted molar refractivity (Wildman–Crippen MR) is 81.8 cm³/mol. The van der Waals surface area contributed by atoms with Crippen molar-refractivity contribution < 1.29 is 0 Å². The van der Waals surface area contributed by atoms with E-state index in [0.717, 1.165) is 17.7 Å². The molecule has 0 spiro atoms. The van der Waals surface area contributed by atoms with E-state index in [9.17, 15) is 0 Å². The van der Waals surface area contributed by atoms with Crippen LogP contribution in [0.5, 0.6) is 0 Å². The molecule has 4 heteroatoms. The van der Waals surface area contributed by atoms with E-state index in [-0.39, 0.29) is 0 Å². The summed E-state index contributed by atoms with van der Waals surface area (Å²) >= 11 is 7.64. The molecule has 2 fully saturated rings. The number of halogens is 1. The second-order valence-electron chi connectivity index (χ2n) is 5.98. The van der Waals surface area contributed by atoms with Gasteiger partial charge in [-0.1, -0.05) is 12.8 Å². The SMILES string of the molecule is CC(c1nc(CCl)cs1)N1CCCC1C1CCCC1. The molecular formula is C15H23ClN2S. The van der Waals surface area contributed by atoms with Gasteiger partial charge in [-0.2, -0.15) is 0 Å². The molecule has 1 aromatic heterocycles. The Bertz CT molecular complexity index is 414. The largest absolute Gasteiger partial charge is 0.291 e. The molecule has 3 rings (SSSR count). The second-order valence-corrected chi connectivity index (χ2v) is 7.14. The molecule has 0 radical (unpaired) electrons. The minimum atomic E-state index is 0.468. The van der Waals surface area contributed by atoms with Gasteiger partial charge in [0, 0.05) is 11.4 Å². The van der Waals surface area contributed by atoms with Gasteiger partial charge in [-0.3, -0.25) is 4.90 Å². The van der Waals surface area contributed by atoms with Crippen molar-refractivity contribution in [3.8, 4) is 0 Å². The summed E-state index contributed by atoms with van der Waals surface area (Å²) in [6, 6.07) is 1.27. The number of rotatable bonds is 4. The molecular weight excluding hydrogens is 276 g/mol. The fourth-order valence-electron chi connectivity index (χ4n) is 3.86. The maximum absolute atomic E-state index is 5.87. The molecule has 2 unspecified atom stereocenters. The summed E-state index contributed by atoms with van der Waals surface area (Å²) in [6.07, 6.45) is 8.52. The average Bonchev–Trinajstić information content (AvgIpc) is 3.16.